The largest absolute Gasteiger partial charge is 0.309 e. The van der Waals surface area contributed by atoms with Crippen LogP contribution < -0.4 is 5.32 Å². The van der Waals surface area contributed by atoms with Gasteiger partial charge in [0.15, 0.2) is 0 Å². The van der Waals surface area contributed by atoms with Crippen molar-refractivity contribution >= 4 is 0 Å². The van der Waals surface area contributed by atoms with Gasteiger partial charge in [-0.15, -0.1) is 0 Å². The van der Waals surface area contributed by atoms with Gasteiger partial charge in [0.1, 0.15) is 0 Å². The number of likely N-dealkylation sites (tertiary alicyclic amines) is 1. The number of nitrogens with one attached hydrogen (secondary N) is 1. The average Bonchev–Trinajstić information content (AvgIpc) is 2.28. The third kappa shape index (κ3) is 3.03. The number of pyridine rings is 1. The van der Waals surface area contributed by atoms with Crippen molar-refractivity contribution < 1.29 is 0 Å². The zero-order chi connectivity index (χ0) is 11.4. The Morgan fingerprint density at radius 2 is 2.44 bits per heavy atom. The van der Waals surface area contributed by atoms with Crippen LogP contribution in [0.2, 0.25) is 0 Å². The van der Waals surface area contributed by atoms with Crippen LogP contribution in [-0.4, -0.2) is 36.1 Å². The minimum atomic E-state index is 0.645. The van der Waals surface area contributed by atoms with Gasteiger partial charge >= 0.3 is 0 Å². The normalized spacial score (nSPS) is 22.2. The highest BCUT2D eigenvalue weighted by Gasteiger charge is 2.16. The third-order valence-electron chi connectivity index (χ3n) is 3.34. The van der Waals surface area contributed by atoms with E-state index < -0.39 is 0 Å². The molecule has 16 heavy (non-hydrogen) atoms. The van der Waals surface area contributed by atoms with E-state index in [1.54, 1.807) is 0 Å². The maximum absolute atomic E-state index is 4.12. The van der Waals surface area contributed by atoms with E-state index in [9.17, 15) is 0 Å². The molecule has 88 valence electrons. The summed E-state index contributed by atoms with van der Waals surface area (Å²) in [7, 11) is 2.20. The number of nitrogens with zero attached hydrogens (tertiary/aromatic N) is 2. The van der Waals surface area contributed by atoms with Crippen molar-refractivity contribution in [1.82, 2.24) is 15.2 Å². The molecule has 3 heteroatoms. The highest BCUT2D eigenvalue weighted by atomic mass is 15.1. The Kier molecular flexibility index (Phi) is 3.91. The van der Waals surface area contributed by atoms with E-state index in [1.165, 1.54) is 37.1 Å². The fourth-order valence-electron chi connectivity index (χ4n) is 2.29. The molecule has 1 atom stereocenters. The van der Waals surface area contributed by atoms with Crippen LogP contribution in [0.4, 0.5) is 0 Å². The quantitative estimate of drug-likeness (QED) is 0.836. The summed E-state index contributed by atoms with van der Waals surface area (Å²) in [5, 5.41) is 3.64. The molecule has 1 aliphatic heterocycles. The van der Waals surface area contributed by atoms with Crippen LogP contribution >= 0.6 is 0 Å². The van der Waals surface area contributed by atoms with Crippen molar-refractivity contribution in [2.45, 2.75) is 32.4 Å². The van der Waals surface area contributed by atoms with Crippen molar-refractivity contribution in [2.24, 2.45) is 0 Å². The Balaban J connectivity index is 1.85. The summed E-state index contributed by atoms with van der Waals surface area (Å²) in [6, 6.07) is 2.75. The summed E-state index contributed by atoms with van der Waals surface area (Å²) < 4.78 is 0. The van der Waals surface area contributed by atoms with Crippen molar-refractivity contribution in [3.8, 4) is 0 Å². The van der Waals surface area contributed by atoms with Gasteiger partial charge in [-0.1, -0.05) is 0 Å². The minimum absolute atomic E-state index is 0.645. The lowest BCUT2D eigenvalue weighted by atomic mass is 10.1. The molecular weight excluding hydrogens is 198 g/mol. The van der Waals surface area contributed by atoms with Gasteiger partial charge < -0.3 is 10.2 Å². The predicted molar refractivity (Wildman–Crippen MR) is 66.3 cm³/mol. The Labute approximate surface area is 97.9 Å². The van der Waals surface area contributed by atoms with E-state index in [0.29, 0.717) is 6.04 Å². The zero-order valence-corrected chi connectivity index (χ0v) is 10.2. The molecule has 0 bridgehead atoms. The number of aryl methyl sites for hydroxylation is 1. The lowest BCUT2D eigenvalue weighted by molar-refractivity contribution is 0.226. The van der Waals surface area contributed by atoms with E-state index in [0.717, 1.165) is 6.54 Å². The van der Waals surface area contributed by atoms with E-state index in [2.05, 4.69) is 35.2 Å². The molecule has 0 aliphatic carbocycles. The molecule has 1 aromatic rings. The van der Waals surface area contributed by atoms with Crippen molar-refractivity contribution in [3.63, 3.8) is 0 Å². The second-order valence-electron chi connectivity index (χ2n) is 4.78. The lowest BCUT2D eigenvalue weighted by Gasteiger charge is -2.30. The van der Waals surface area contributed by atoms with Crippen LogP contribution in [0, 0.1) is 6.92 Å². The van der Waals surface area contributed by atoms with E-state index in [1.807, 2.05) is 12.4 Å². The predicted octanol–water partition coefficient (Wildman–Crippen LogP) is 1.57. The lowest BCUT2D eigenvalue weighted by Crippen LogP contribution is -2.43. The monoisotopic (exact) mass is 219 g/mol. The second-order valence-corrected chi connectivity index (χ2v) is 4.78. The number of rotatable bonds is 3. The van der Waals surface area contributed by atoms with Crippen molar-refractivity contribution in [1.29, 1.82) is 0 Å². The molecule has 3 nitrogen and oxygen atoms in total. The van der Waals surface area contributed by atoms with Gasteiger partial charge in [0.25, 0.3) is 0 Å². The molecule has 2 rings (SSSR count). The highest BCUT2D eigenvalue weighted by Crippen LogP contribution is 2.10. The molecule has 1 aromatic heterocycles. The SMILES string of the molecule is Cc1cnccc1CNC1CCCN(C)C1. The Bertz CT molecular complexity index is 338. The van der Waals surface area contributed by atoms with Gasteiger partial charge in [-0.2, -0.15) is 0 Å². The molecule has 1 aliphatic rings. The van der Waals surface area contributed by atoms with Crippen LogP contribution in [0.25, 0.3) is 0 Å². The highest BCUT2D eigenvalue weighted by molar-refractivity contribution is 5.21. The molecule has 1 fully saturated rings. The third-order valence-corrected chi connectivity index (χ3v) is 3.34. The number of hydrogen-bond acceptors (Lipinski definition) is 3. The van der Waals surface area contributed by atoms with E-state index in [4.69, 9.17) is 0 Å². The summed E-state index contributed by atoms with van der Waals surface area (Å²) in [6.07, 6.45) is 6.42. The van der Waals surface area contributed by atoms with Crippen molar-refractivity contribution in [3.05, 3.63) is 29.6 Å². The summed E-state index contributed by atoms with van der Waals surface area (Å²) in [4.78, 5) is 6.52. The summed E-state index contributed by atoms with van der Waals surface area (Å²) >= 11 is 0. The van der Waals surface area contributed by atoms with Gasteiger partial charge in [-0.3, -0.25) is 4.98 Å². The molecule has 0 saturated carbocycles. The second kappa shape index (κ2) is 5.41. The topological polar surface area (TPSA) is 28.2 Å². The Hall–Kier alpha value is -0.930. The Morgan fingerprint density at radius 1 is 1.56 bits per heavy atom. The average molecular weight is 219 g/mol. The van der Waals surface area contributed by atoms with Gasteiger partial charge in [0.05, 0.1) is 0 Å². The molecule has 1 N–H and O–H groups in total. The standard InChI is InChI=1S/C13H21N3/c1-11-8-14-6-5-12(11)9-15-13-4-3-7-16(2)10-13/h5-6,8,13,15H,3-4,7,9-10H2,1-2H3. The van der Waals surface area contributed by atoms with E-state index in [-0.39, 0.29) is 0 Å². The molecule has 0 radical (unpaired) electrons. The van der Waals surface area contributed by atoms with E-state index >= 15 is 0 Å². The van der Waals surface area contributed by atoms with Crippen molar-refractivity contribution in [2.75, 3.05) is 20.1 Å². The molecule has 0 aromatic carbocycles. The smallest absolute Gasteiger partial charge is 0.0300 e. The first-order valence-electron chi connectivity index (χ1n) is 6.07. The molecule has 1 saturated heterocycles. The molecular formula is C13H21N3. The minimum Gasteiger partial charge on any atom is -0.309 e. The van der Waals surface area contributed by atoms with Crippen LogP contribution in [0.15, 0.2) is 18.5 Å². The molecule has 0 amide bonds. The fourth-order valence-corrected chi connectivity index (χ4v) is 2.29. The molecule has 1 unspecified atom stereocenters. The maximum Gasteiger partial charge on any atom is 0.0300 e. The summed E-state index contributed by atoms with van der Waals surface area (Å²) in [6.45, 7) is 5.50. The van der Waals surface area contributed by atoms with Crippen LogP contribution in [0.1, 0.15) is 24.0 Å². The first kappa shape index (κ1) is 11.6. The fraction of sp³-hybridized carbons (Fsp3) is 0.615. The van der Waals surface area contributed by atoms with Crippen LogP contribution in [-0.2, 0) is 6.54 Å². The number of aromatic nitrogens is 1. The zero-order valence-electron chi connectivity index (χ0n) is 10.2. The van der Waals surface area contributed by atoms with Gasteiger partial charge in [-0.25, -0.2) is 0 Å². The maximum atomic E-state index is 4.12. The first-order valence-corrected chi connectivity index (χ1v) is 6.07. The number of hydrogen-bond donors (Lipinski definition) is 1. The number of piperidine rings is 1. The summed E-state index contributed by atoms with van der Waals surface area (Å²) in [5.74, 6) is 0. The van der Waals surface area contributed by atoms with Gasteiger partial charge in [0.2, 0.25) is 0 Å². The summed E-state index contributed by atoms with van der Waals surface area (Å²) in [5.41, 5.74) is 2.64. The first-order chi connectivity index (χ1) is 7.75. The van der Waals surface area contributed by atoms with Crippen LogP contribution in [0.5, 0.6) is 0 Å². The van der Waals surface area contributed by atoms with Gasteiger partial charge in [-0.05, 0) is 50.6 Å². The molecule has 2 heterocycles. The van der Waals surface area contributed by atoms with Crippen LogP contribution in [0.3, 0.4) is 0 Å². The Morgan fingerprint density at radius 3 is 3.19 bits per heavy atom. The number of likely N-dealkylation sites (N-methyl/N-ethyl adjacent to an activating group) is 1. The molecule has 0 spiro atoms. The van der Waals surface area contributed by atoms with Gasteiger partial charge in [0, 0.05) is 31.5 Å².